The molecule has 5 nitrogen and oxygen atoms in total. The number of amides is 1. The van der Waals surface area contributed by atoms with Gasteiger partial charge in [-0.05, 0) is 56.2 Å². The number of anilines is 2. The minimum atomic E-state index is -0.149. The molecule has 0 unspecified atom stereocenters. The van der Waals surface area contributed by atoms with E-state index >= 15 is 0 Å². The molecule has 1 N–H and O–H groups in total. The Bertz CT molecular complexity index is 647. The van der Waals surface area contributed by atoms with Crippen molar-refractivity contribution in [2.45, 2.75) is 19.8 Å². The normalized spacial score (nSPS) is 13.9. The number of pyridine rings is 1. The molecule has 0 saturated carbocycles. The number of carbonyl (C=O) groups is 1. The van der Waals surface area contributed by atoms with E-state index in [1.165, 1.54) is 12.8 Å². The molecule has 2 aromatic rings. The summed E-state index contributed by atoms with van der Waals surface area (Å²) in [5.74, 6) is 1.59. The molecule has 1 aromatic heterocycles. The molecule has 1 aliphatic heterocycles. The number of hydrogen-bond acceptors (Lipinski definition) is 4. The fourth-order valence-electron chi connectivity index (χ4n) is 2.67. The third-order valence-electron chi connectivity index (χ3n) is 3.86. The topological polar surface area (TPSA) is 54.5 Å². The van der Waals surface area contributed by atoms with E-state index in [9.17, 15) is 4.79 Å². The molecule has 1 fully saturated rings. The third kappa shape index (κ3) is 3.80. The fraction of sp³-hybridized carbons (Fsp3) is 0.333. The largest absolute Gasteiger partial charge is 0.494 e. The maximum atomic E-state index is 12.2. The molecule has 1 aliphatic rings. The summed E-state index contributed by atoms with van der Waals surface area (Å²) in [6.07, 6.45) is 4.15. The Morgan fingerprint density at radius 2 is 1.91 bits per heavy atom. The average Bonchev–Trinajstić information content (AvgIpc) is 3.11. The van der Waals surface area contributed by atoms with Gasteiger partial charge in [0.15, 0.2) is 0 Å². The lowest BCUT2D eigenvalue weighted by Gasteiger charge is -2.16. The van der Waals surface area contributed by atoms with Gasteiger partial charge in [0.2, 0.25) is 0 Å². The molecule has 3 rings (SSSR count). The highest BCUT2D eigenvalue weighted by Gasteiger charge is 2.13. The van der Waals surface area contributed by atoms with Gasteiger partial charge >= 0.3 is 0 Å². The average molecular weight is 311 g/mol. The Kier molecular flexibility index (Phi) is 4.76. The van der Waals surface area contributed by atoms with Gasteiger partial charge in [0.25, 0.3) is 5.91 Å². The van der Waals surface area contributed by atoms with Crippen molar-refractivity contribution in [2.75, 3.05) is 29.9 Å². The van der Waals surface area contributed by atoms with Crippen LogP contribution in [-0.2, 0) is 0 Å². The van der Waals surface area contributed by atoms with Crippen molar-refractivity contribution in [3.8, 4) is 5.75 Å². The SMILES string of the molecule is CCOc1ccc(C(=O)Nc2ccc(N3CCCC3)nc2)cc1. The summed E-state index contributed by atoms with van der Waals surface area (Å²) in [4.78, 5) is 18.9. The summed E-state index contributed by atoms with van der Waals surface area (Å²) < 4.78 is 5.37. The minimum absolute atomic E-state index is 0.149. The predicted octanol–water partition coefficient (Wildman–Crippen LogP) is 3.33. The summed E-state index contributed by atoms with van der Waals surface area (Å²) in [6.45, 7) is 4.66. The van der Waals surface area contributed by atoms with E-state index < -0.39 is 0 Å². The molecule has 120 valence electrons. The van der Waals surface area contributed by atoms with E-state index in [4.69, 9.17) is 4.74 Å². The lowest BCUT2D eigenvalue weighted by atomic mass is 10.2. The molecular weight excluding hydrogens is 290 g/mol. The van der Waals surface area contributed by atoms with Gasteiger partial charge in [0.1, 0.15) is 11.6 Å². The van der Waals surface area contributed by atoms with Gasteiger partial charge in [-0.3, -0.25) is 4.79 Å². The molecule has 0 aliphatic carbocycles. The zero-order valence-electron chi connectivity index (χ0n) is 13.3. The first-order valence-corrected chi connectivity index (χ1v) is 8.01. The molecule has 0 spiro atoms. The van der Waals surface area contributed by atoms with Gasteiger partial charge in [0.05, 0.1) is 18.5 Å². The van der Waals surface area contributed by atoms with Crippen molar-refractivity contribution in [1.29, 1.82) is 0 Å². The zero-order valence-corrected chi connectivity index (χ0v) is 13.3. The fourth-order valence-corrected chi connectivity index (χ4v) is 2.67. The van der Waals surface area contributed by atoms with Gasteiger partial charge in [-0.15, -0.1) is 0 Å². The maximum absolute atomic E-state index is 12.2. The van der Waals surface area contributed by atoms with Crippen molar-refractivity contribution in [1.82, 2.24) is 4.98 Å². The smallest absolute Gasteiger partial charge is 0.255 e. The van der Waals surface area contributed by atoms with Crippen molar-refractivity contribution < 1.29 is 9.53 Å². The number of ether oxygens (including phenoxy) is 1. The second kappa shape index (κ2) is 7.13. The summed E-state index contributed by atoms with van der Waals surface area (Å²) in [5.41, 5.74) is 1.30. The molecule has 0 atom stereocenters. The van der Waals surface area contributed by atoms with Crippen LogP contribution in [0.15, 0.2) is 42.6 Å². The first kappa shape index (κ1) is 15.3. The van der Waals surface area contributed by atoms with Crippen LogP contribution >= 0.6 is 0 Å². The van der Waals surface area contributed by atoms with Gasteiger partial charge in [-0.2, -0.15) is 0 Å². The van der Waals surface area contributed by atoms with Crippen LogP contribution < -0.4 is 15.0 Å². The van der Waals surface area contributed by atoms with Crippen molar-refractivity contribution in [3.63, 3.8) is 0 Å². The first-order chi connectivity index (χ1) is 11.3. The van der Waals surface area contributed by atoms with Crippen LogP contribution in [0.2, 0.25) is 0 Å². The van der Waals surface area contributed by atoms with Crippen LogP contribution in [0, 0.1) is 0 Å². The van der Waals surface area contributed by atoms with Crippen LogP contribution in [0.3, 0.4) is 0 Å². The highest BCUT2D eigenvalue weighted by Crippen LogP contribution is 2.19. The molecule has 1 amide bonds. The molecule has 0 bridgehead atoms. The molecule has 2 heterocycles. The minimum Gasteiger partial charge on any atom is -0.494 e. The van der Waals surface area contributed by atoms with E-state index in [-0.39, 0.29) is 5.91 Å². The Morgan fingerprint density at radius 3 is 2.52 bits per heavy atom. The van der Waals surface area contributed by atoms with Crippen molar-refractivity contribution >= 4 is 17.4 Å². The number of rotatable bonds is 5. The third-order valence-corrected chi connectivity index (χ3v) is 3.86. The Labute approximate surface area is 136 Å². The predicted molar refractivity (Wildman–Crippen MR) is 91.2 cm³/mol. The van der Waals surface area contributed by atoms with E-state index in [1.807, 2.05) is 19.1 Å². The summed E-state index contributed by atoms with van der Waals surface area (Å²) in [6, 6.07) is 11.0. The van der Waals surface area contributed by atoms with E-state index in [0.717, 1.165) is 24.7 Å². The summed E-state index contributed by atoms with van der Waals surface area (Å²) in [5, 5.41) is 2.87. The summed E-state index contributed by atoms with van der Waals surface area (Å²) in [7, 11) is 0. The van der Waals surface area contributed by atoms with Crippen LogP contribution in [0.5, 0.6) is 5.75 Å². The zero-order chi connectivity index (χ0) is 16.1. The van der Waals surface area contributed by atoms with Crippen LogP contribution in [0.1, 0.15) is 30.1 Å². The lowest BCUT2D eigenvalue weighted by molar-refractivity contribution is 0.102. The Balaban J connectivity index is 1.62. The van der Waals surface area contributed by atoms with Crippen LogP contribution in [0.4, 0.5) is 11.5 Å². The molecule has 1 saturated heterocycles. The van der Waals surface area contributed by atoms with Gasteiger partial charge < -0.3 is 15.0 Å². The highest BCUT2D eigenvalue weighted by atomic mass is 16.5. The number of aromatic nitrogens is 1. The van der Waals surface area contributed by atoms with E-state index in [0.29, 0.717) is 17.9 Å². The van der Waals surface area contributed by atoms with Gasteiger partial charge in [-0.25, -0.2) is 4.98 Å². The number of nitrogens with one attached hydrogen (secondary N) is 1. The first-order valence-electron chi connectivity index (χ1n) is 8.01. The second-order valence-corrected chi connectivity index (χ2v) is 5.51. The molecule has 1 aromatic carbocycles. The van der Waals surface area contributed by atoms with E-state index in [1.54, 1.807) is 30.5 Å². The maximum Gasteiger partial charge on any atom is 0.255 e. The second-order valence-electron chi connectivity index (χ2n) is 5.51. The molecule has 0 radical (unpaired) electrons. The number of carbonyl (C=O) groups excluding carboxylic acids is 1. The number of hydrogen-bond donors (Lipinski definition) is 1. The van der Waals surface area contributed by atoms with Gasteiger partial charge in [0, 0.05) is 18.7 Å². The van der Waals surface area contributed by atoms with E-state index in [2.05, 4.69) is 15.2 Å². The van der Waals surface area contributed by atoms with Gasteiger partial charge in [-0.1, -0.05) is 0 Å². The number of benzene rings is 1. The quantitative estimate of drug-likeness (QED) is 0.920. The van der Waals surface area contributed by atoms with Crippen molar-refractivity contribution in [2.24, 2.45) is 0 Å². The Hall–Kier alpha value is -2.56. The van der Waals surface area contributed by atoms with Crippen molar-refractivity contribution in [3.05, 3.63) is 48.2 Å². The molecule has 5 heteroatoms. The summed E-state index contributed by atoms with van der Waals surface area (Å²) >= 11 is 0. The standard InChI is InChI=1S/C18H21N3O2/c1-2-23-16-8-5-14(6-9-16)18(22)20-15-7-10-17(19-13-15)21-11-3-4-12-21/h5-10,13H,2-4,11-12H2,1H3,(H,20,22). The Morgan fingerprint density at radius 1 is 1.17 bits per heavy atom. The van der Waals surface area contributed by atoms with Crippen LogP contribution in [0.25, 0.3) is 0 Å². The molecule has 23 heavy (non-hydrogen) atoms. The van der Waals surface area contributed by atoms with Crippen LogP contribution in [-0.4, -0.2) is 30.6 Å². The molecular formula is C18H21N3O2. The lowest BCUT2D eigenvalue weighted by Crippen LogP contribution is -2.19. The number of nitrogens with zero attached hydrogens (tertiary/aromatic N) is 2. The highest BCUT2D eigenvalue weighted by molar-refractivity contribution is 6.04. The monoisotopic (exact) mass is 311 g/mol.